The lowest BCUT2D eigenvalue weighted by Crippen LogP contribution is -2.16. The minimum absolute atomic E-state index is 0.0551. The predicted molar refractivity (Wildman–Crippen MR) is 101 cm³/mol. The normalized spacial score (nSPS) is 12.6. The molecule has 140 valence electrons. The maximum atomic E-state index is 12.3. The van der Waals surface area contributed by atoms with Crippen LogP contribution < -0.4 is 25.3 Å². The first kappa shape index (κ1) is 18.3. The molecule has 0 fully saturated rings. The van der Waals surface area contributed by atoms with Crippen molar-refractivity contribution in [3.8, 4) is 17.2 Å². The van der Waals surface area contributed by atoms with Crippen LogP contribution >= 0.6 is 0 Å². The fourth-order valence-corrected chi connectivity index (χ4v) is 2.72. The molecule has 3 N–H and O–H groups in total. The summed E-state index contributed by atoms with van der Waals surface area (Å²) in [5.74, 6) is 0.883. The van der Waals surface area contributed by atoms with E-state index in [1.807, 2.05) is 0 Å². The van der Waals surface area contributed by atoms with Gasteiger partial charge in [0.1, 0.15) is 13.2 Å². The van der Waals surface area contributed by atoms with Gasteiger partial charge in [0.05, 0.1) is 13.5 Å². The largest absolute Gasteiger partial charge is 0.493 e. The first-order valence-corrected chi connectivity index (χ1v) is 8.39. The number of para-hydroxylation sites is 1. The van der Waals surface area contributed by atoms with Gasteiger partial charge in [-0.25, -0.2) is 0 Å². The Hall–Kier alpha value is -3.48. The molecule has 3 rings (SSSR count). The van der Waals surface area contributed by atoms with Crippen molar-refractivity contribution in [2.75, 3.05) is 25.6 Å². The maximum absolute atomic E-state index is 12.3. The minimum atomic E-state index is -0.462. The van der Waals surface area contributed by atoms with Crippen LogP contribution in [0.4, 0.5) is 5.69 Å². The van der Waals surface area contributed by atoms with Gasteiger partial charge < -0.3 is 25.3 Å². The fourth-order valence-electron chi connectivity index (χ4n) is 2.72. The summed E-state index contributed by atoms with van der Waals surface area (Å²) < 4.78 is 16.5. The molecule has 0 aliphatic carbocycles. The van der Waals surface area contributed by atoms with Crippen LogP contribution in [0.15, 0.2) is 42.5 Å². The van der Waals surface area contributed by atoms with Crippen LogP contribution in [-0.4, -0.2) is 32.1 Å². The molecule has 0 spiro atoms. The van der Waals surface area contributed by atoms with E-state index >= 15 is 0 Å². The van der Waals surface area contributed by atoms with Crippen molar-refractivity contribution in [2.24, 2.45) is 5.73 Å². The van der Waals surface area contributed by atoms with Gasteiger partial charge in [-0.2, -0.15) is 0 Å². The van der Waals surface area contributed by atoms with E-state index < -0.39 is 5.91 Å². The van der Waals surface area contributed by atoms with Crippen molar-refractivity contribution >= 4 is 23.6 Å². The number of fused-ring (bicyclic) bond motifs is 1. The quantitative estimate of drug-likeness (QED) is 0.761. The average molecular weight is 368 g/mol. The smallest absolute Gasteiger partial charge is 0.248 e. The third-order valence-electron chi connectivity index (χ3n) is 3.92. The van der Waals surface area contributed by atoms with Crippen LogP contribution in [0.2, 0.25) is 0 Å². The second-order valence-electron chi connectivity index (χ2n) is 5.87. The SMILES string of the molecule is COc1cc(/C=C/C(=O)Nc2ccccc2CC(N)=O)cc2c1OCCO2. The van der Waals surface area contributed by atoms with Gasteiger partial charge in [-0.1, -0.05) is 18.2 Å². The molecule has 7 heteroatoms. The van der Waals surface area contributed by atoms with E-state index in [2.05, 4.69) is 5.32 Å². The Morgan fingerprint density at radius 1 is 1.22 bits per heavy atom. The lowest BCUT2D eigenvalue weighted by Gasteiger charge is -2.20. The summed E-state index contributed by atoms with van der Waals surface area (Å²) in [5.41, 5.74) is 7.18. The first-order chi connectivity index (χ1) is 13.1. The van der Waals surface area contributed by atoms with E-state index in [0.717, 1.165) is 5.56 Å². The monoisotopic (exact) mass is 368 g/mol. The molecule has 2 aromatic rings. The van der Waals surface area contributed by atoms with Gasteiger partial charge in [0.2, 0.25) is 17.6 Å². The van der Waals surface area contributed by atoms with Gasteiger partial charge in [-0.05, 0) is 35.4 Å². The number of primary amides is 1. The van der Waals surface area contributed by atoms with Gasteiger partial charge in [-0.3, -0.25) is 9.59 Å². The Labute approximate surface area is 156 Å². The highest BCUT2D eigenvalue weighted by molar-refractivity contribution is 6.02. The highest BCUT2D eigenvalue weighted by Gasteiger charge is 2.17. The number of nitrogens with two attached hydrogens (primary N) is 1. The zero-order valence-electron chi connectivity index (χ0n) is 14.9. The third-order valence-corrected chi connectivity index (χ3v) is 3.92. The summed E-state index contributed by atoms with van der Waals surface area (Å²) in [6, 6.07) is 10.6. The molecule has 7 nitrogen and oxygen atoms in total. The second kappa shape index (κ2) is 8.27. The van der Waals surface area contributed by atoms with E-state index in [9.17, 15) is 9.59 Å². The minimum Gasteiger partial charge on any atom is -0.493 e. The van der Waals surface area contributed by atoms with Gasteiger partial charge in [0.25, 0.3) is 0 Å². The lowest BCUT2D eigenvalue weighted by atomic mass is 10.1. The molecule has 0 saturated heterocycles. The zero-order valence-corrected chi connectivity index (χ0v) is 14.9. The molecular weight excluding hydrogens is 348 g/mol. The van der Waals surface area contributed by atoms with E-state index in [4.69, 9.17) is 19.9 Å². The predicted octanol–water partition coefficient (Wildman–Crippen LogP) is 2.15. The summed E-state index contributed by atoms with van der Waals surface area (Å²) in [7, 11) is 1.55. The fraction of sp³-hybridized carbons (Fsp3) is 0.200. The van der Waals surface area contributed by atoms with E-state index in [1.54, 1.807) is 49.6 Å². The van der Waals surface area contributed by atoms with Crippen molar-refractivity contribution in [3.05, 3.63) is 53.6 Å². The molecule has 0 bridgehead atoms. The van der Waals surface area contributed by atoms with E-state index in [0.29, 0.717) is 41.7 Å². The number of benzene rings is 2. The number of rotatable bonds is 6. The highest BCUT2D eigenvalue weighted by Crippen LogP contribution is 2.40. The van der Waals surface area contributed by atoms with Gasteiger partial charge in [0.15, 0.2) is 11.5 Å². The lowest BCUT2D eigenvalue weighted by molar-refractivity contribution is -0.117. The molecule has 2 amide bonds. The molecule has 0 unspecified atom stereocenters. The van der Waals surface area contributed by atoms with Crippen LogP contribution in [0.3, 0.4) is 0 Å². The Kier molecular flexibility index (Phi) is 5.61. The van der Waals surface area contributed by atoms with Crippen LogP contribution in [0.1, 0.15) is 11.1 Å². The van der Waals surface area contributed by atoms with E-state index in [-0.39, 0.29) is 12.3 Å². The molecule has 0 atom stereocenters. The number of anilines is 1. The number of hydrogen-bond acceptors (Lipinski definition) is 5. The Morgan fingerprint density at radius 3 is 2.78 bits per heavy atom. The topological polar surface area (TPSA) is 99.9 Å². The summed E-state index contributed by atoms with van der Waals surface area (Å²) >= 11 is 0. The molecule has 1 heterocycles. The van der Waals surface area contributed by atoms with Crippen molar-refractivity contribution in [1.29, 1.82) is 0 Å². The molecule has 1 aliphatic rings. The highest BCUT2D eigenvalue weighted by atomic mass is 16.6. The molecule has 0 radical (unpaired) electrons. The van der Waals surface area contributed by atoms with Crippen LogP contribution in [-0.2, 0) is 16.0 Å². The Morgan fingerprint density at radius 2 is 2.00 bits per heavy atom. The van der Waals surface area contributed by atoms with E-state index in [1.165, 1.54) is 6.08 Å². The summed E-state index contributed by atoms with van der Waals surface area (Å²) in [5, 5.41) is 2.76. The third kappa shape index (κ3) is 4.58. The average Bonchev–Trinajstić information content (AvgIpc) is 2.67. The van der Waals surface area contributed by atoms with Gasteiger partial charge >= 0.3 is 0 Å². The van der Waals surface area contributed by atoms with Crippen LogP contribution in [0.25, 0.3) is 6.08 Å². The molecule has 0 aromatic heterocycles. The van der Waals surface area contributed by atoms with Crippen molar-refractivity contribution in [1.82, 2.24) is 0 Å². The number of hydrogen-bond donors (Lipinski definition) is 2. The summed E-state index contributed by atoms with van der Waals surface area (Å²) in [6.07, 6.45) is 3.10. The zero-order chi connectivity index (χ0) is 19.2. The van der Waals surface area contributed by atoms with Crippen LogP contribution in [0.5, 0.6) is 17.2 Å². The van der Waals surface area contributed by atoms with Crippen LogP contribution in [0, 0.1) is 0 Å². The number of methoxy groups -OCH3 is 1. The summed E-state index contributed by atoms with van der Waals surface area (Å²) in [4.78, 5) is 23.4. The Bertz CT molecular complexity index is 875. The number of carbonyl (C=O) groups excluding carboxylic acids is 2. The Balaban J connectivity index is 1.75. The molecular formula is C20H20N2O5. The molecule has 1 aliphatic heterocycles. The number of ether oxygens (including phenoxy) is 3. The van der Waals surface area contributed by atoms with Crippen molar-refractivity contribution in [3.63, 3.8) is 0 Å². The molecule has 2 aromatic carbocycles. The van der Waals surface area contributed by atoms with Gasteiger partial charge in [-0.15, -0.1) is 0 Å². The van der Waals surface area contributed by atoms with Gasteiger partial charge in [0, 0.05) is 11.8 Å². The van der Waals surface area contributed by atoms with Crippen molar-refractivity contribution in [2.45, 2.75) is 6.42 Å². The number of carbonyl (C=O) groups is 2. The molecule has 27 heavy (non-hydrogen) atoms. The van der Waals surface area contributed by atoms with Crippen molar-refractivity contribution < 1.29 is 23.8 Å². The number of nitrogens with one attached hydrogen (secondary N) is 1. The first-order valence-electron chi connectivity index (χ1n) is 8.39. The second-order valence-corrected chi connectivity index (χ2v) is 5.87. The maximum Gasteiger partial charge on any atom is 0.248 e. The standard InChI is InChI=1S/C20H20N2O5/c1-25-16-10-13(11-17-20(16)27-9-8-26-17)6-7-19(24)22-15-5-3-2-4-14(15)12-18(21)23/h2-7,10-11H,8-9,12H2,1H3,(H2,21,23)(H,22,24)/b7-6+. The summed E-state index contributed by atoms with van der Waals surface area (Å²) in [6.45, 7) is 0.923. The number of amides is 2. The molecule has 0 saturated carbocycles.